The van der Waals surface area contributed by atoms with E-state index in [0.29, 0.717) is 17.8 Å². The van der Waals surface area contributed by atoms with E-state index in [9.17, 15) is 0 Å². The molecule has 0 bridgehead atoms. The van der Waals surface area contributed by atoms with Gasteiger partial charge in [-0.2, -0.15) is 0 Å². The van der Waals surface area contributed by atoms with Gasteiger partial charge < -0.3 is 5.73 Å². The molecular formula is C13H21N. The first kappa shape index (κ1) is 11.3. The SMILES string of the molecule is C=CC1CC(C=C)C(C)(N)CC1C=C. The van der Waals surface area contributed by atoms with Gasteiger partial charge in [0.25, 0.3) is 0 Å². The lowest BCUT2D eigenvalue weighted by atomic mass is 9.65. The first-order valence-electron chi connectivity index (χ1n) is 5.21. The van der Waals surface area contributed by atoms with E-state index in [4.69, 9.17) is 5.73 Å². The fourth-order valence-corrected chi connectivity index (χ4v) is 2.44. The summed E-state index contributed by atoms with van der Waals surface area (Å²) in [6.45, 7) is 13.7. The zero-order chi connectivity index (χ0) is 10.8. The van der Waals surface area contributed by atoms with Crippen LogP contribution in [-0.4, -0.2) is 5.54 Å². The van der Waals surface area contributed by atoms with Crippen LogP contribution >= 0.6 is 0 Å². The van der Waals surface area contributed by atoms with Crippen LogP contribution in [-0.2, 0) is 0 Å². The number of nitrogens with two attached hydrogens (primary N) is 1. The van der Waals surface area contributed by atoms with Crippen molar-refractivity contribution in [2.24, 2.45) is 23.5 Å². The molecule has 1 heteroatoms. The van der Waals surface area contributed by atoms with Gasteiger partial charge in [-0.15, -0.1) is 19.7 Å². The van der Waals surface area contributed by atoms with E-state index in [1.165, 1.54) is 0 Å². The quantitative estimate of drug-likeness (QED) is 0.682. The van der Waals surface area contributed by atoms with Crippen LogP contribution in [0.2, 0.25) is 0 Å². The Morgan fingerprint density at radius 2 is 1.71 bits per heavy atom. The van der Waals surface area contributed by atoms with Crippen molar-refractivity contribution in [1.29, 1.82) is 0 Å². The molecule has 14 heavy (non-hydrogen) atoms. The maximum absolute atomic E-state index is 6.26. The molecule has 0 aliphatic heterocycles. The van der Waals surface area contributed by atoms with E-state index in [1.54, 1.807) is 0 Å². The smallest absolute Gasteiger partial charge is 0.0195 e. The van der Waals surface area contributed by atoms with E-state index < -0.39 is 0 Å². The molecule has 4 unspecified atom stereocenters. The lowest BCUT2D eigenvalue weighted by Gasteiger charge is -2.43. The lowest BCUT2D eigenvalue weighted by molar-refractivity contribution is 0.176. The minimum atomic E-state index is -0.139. The summed E-state index contributed by atoms with van der Waals surface area (Å²) < 4.78 is 0. The van der Waals surface area contributed by atoms with Gasteiger partial charge in [0.1, 0.15) is 0 Å². The predicted octanol–water partition coefficient (Wildman–Crippen LogP) is 2.90. The predicted molar refractivity (Wildman–Crippen MR) is 62.9 cm³/mol. The molecule has 0 aromatic carbocycles. The average molecular weight is 191 g/mol. The standard InChI is InChI=1S/C13H21N/c1-5-10-8-12(7-3)13(4,14)9-11(10)6-2/h5-7,10-12H,1-3,8-9,14H2,4H3. The van der Waals surface area contributed by atoms with Crippen molar-refractivity contribution >= 4 is 0 Å². The normalized spacial score (nSPS) is 42.9. The van der Waals surface area contributed by atoms with E-state index in [2.05, 4.69) is 26.7 Å². The third-order valence-corrected chi connectivity index (χ3v) is 3.49. The zero-order valence-electron chi connectivity index (χ0n) is 9.08. The molecule has 2 N–H and O–H groups in total. The molecule has 1 aliphatic rings. The monoisotopic (exact) mass is 191 g/mol. The van der Waals surface area contributed by atoms with Gasteiger partial charge in [0.2, 0.25) is 0 Å². The third kappa shape index (κ3) is 1.98. The minimum Gasteiger partial charge on any atom is -0.325 e. The second kappa shape index (κ2) is 4.14. The Hall–Kier alpha value is -0.820. The van der Waals surface area contributed by atoms with Gasteiger partial charge in [0.15, 0.2) is 0 Å². The van der Waals surface area contributed by atoms with Crippen LogP contribution in [0.1, 0.15) is 19.8 Å². The van der Waals surface area contributed by atoms with Crippen molar-refractivity contribution < 1.29 is 0 Å². The Bertz CT molecular complexity index is 240. The van der Waals surface area contributed by atoms with Crippen LogP contribution in [0.25, 0.3) is 0 Å². The van der Waals surface area contributed by atoms with Crippen molar-refractivity contribution in [2.45, 2.75) is 25.3 Å². The lowest BCUT2D eigenvalue weighted by Crippen LogP contribution is -2.49. The van der Waals surface area contributed by atoms with Crippen molar-refractivity contribution in [3.05, 3.63) is 38.0 Å². The molecule has 1 rings (SSSR count). The Morgan fingerprint density at radius 3 is 2.14 bits per heavy atom. The highest BCUT2D eigenvalue weighted by atomic mass is 14.8. The van der Waals surface area contributed by atoms with Crippen LogP contribution in [0, 0.1) is 17.8 Å². The first-order chi connectivity index (χ1) is 6.55. The molecule has 0 amide bonds. The van der Waals surface area contributed by atoms with Crippen molar-refractivity contribution in [3.63, 3.8) is 0 Å². The Balaban J connectivity index is 2.85. The largest absolute Gasteiger partial charge is 0.325 e. The molecule has 1 fully saturated rings. The Morgan fingerprint density at radius 1 is 1.14 bits per heavy atom. The van der Waals surface area contributed by atoms with Gasteiger partial charge in [-0.1, -0.05) is 18.2 Å². The summed E-state index contributed by atoms with van der Waals surface area (Å²) in [5, 5.41) is 0. The fourth-order valence-electron chi connectivity index (χ4n) is 2.44. The molecule has 4 atom stereocenters. The van der Waals surface area contributed by atoms with Crippen LogP contribution in [0.15, 0.2) is 38.0 Å². The Kier molecular flexibility index (Phi) is 3.33. The molecule has 0 saturated heterocycles. The molecule has 0 aromatic rings. The zero-order valence-corrected chi connectivity index (χ0v) is 9.08. The van der Waals surface area contributed by atoms with Gasteiger partial charge in [0.05, 0.1) is 0 Å². The van der Waals surface area contributed by atoms with E-state index in [1.807, 2.05) is 18.2 Å². The molecule has 0 heterocycles. The van der Waals surface area contributed by atoms with E-state index >= 15 is 0 Å². The van der Waals surface area contributed by atoms with Gasteiger partial charge in [-0.25, -0.2) is 0 Å². The van der Waals surface area contributed by atoms with Crippen LogP contribution in [0.3, 0.4) is 0 Å². The first-order valence-corrected chi connectivity index (χ1v) is 5.21. The molecule has 0 aromatic heterocycles. The van der Waals surface area contributed by atoms with Gasteiger partial charge in [-0.3, -0.25) is 0 Å². The van der Waals surface area contributed by atoms with Crippen LogP contribution in [0.4, 0.5) is 0 Å². The maximum Gasteiger partial charge on any atom is 0.0195 e. The topological polar surface area (TPSA) is 26.0 Å². The number of rotatable bonds is 3. The fraction of sp³-hybridized carbons (Fsp3) is 0.538. The van der Waals surface area contributed by atoms with Crippen molar-refractivity contribution in [2.75, 3.05) is 0 Å². The van der Waals surface area contributed by atoms with E-state index in [-0.39, 0.29) is 5.54 Å². The molecule has 1 aliphatic carbocycles. The van der Waals surface area contributed by atoms with Crippen LogP contribution < -0.4 is 5.73 Å². The summed E-state index contributed by atoms with van der Waals surface area (Å²) in [6, 6.07) is 0. The second-order valence-corrected chi connectivity index (χ2v) is 4.59. The summed E-state index contributed by atoms with van der Waals surface area (Å²) in [6.07, 6.45) is 8.05. The Labute approximate surface area is 87.4 Å². The molecular weight excluding hydrogens is 170 g/mol. The number of allylic oxidation sites excluding steroid dienone is 2. The van der Waals surface area contributed by atoms with Crippen molar-refractivity contribution in [1.82, 2.24) is 0 Å². The van der Waals surface area contributed by atoms with Gasteiger partial charge in [0, 0.05) is 5.54 Å². The highest BCUT2D eigenvalue weighted by molar-refractivity contribution is 5.09. The summed E-state index contributed by atoms with van der Waals surface area (Å²) in [4.78, 5) is 0. The van der Waals surface area contributed by atoms with E-state index in [0.717, 1.165) is 12.8 Å². The second-order valence-electron chi connectivity index (χ2n) is 4.59. The molecule has 0 spiro atoms. The number of hydrogen-bond donors (Lipinski definition) is 1. The highest BCUT2D eigenvalue weighted by Crippen LogP contribution is 2.40. The molecule has 0 radical (unpaired) electrons. The van der Waals surface area contributed by atoms with Crippen LogP contribution in [0.5, 0.6) is 0 Å². The summed E-state index contributed by atoms with van der Waals surface area (Å²) >= 11 is 0. The van der Waals surface area contributed by atoms with Gasteiger partial charge in [-0.05, 0) is 37.5 Å². The molecule has 1 saturated carbocycles. The summed E-state index contributed by atoms with van der Waals surface area (Å²) in [7, 11) is 0. The summed E-state index contributed by atoms with van der Waals surface area (Å²) in [5.74, 6) is 1.37. The maximum atomic E-state index is 6.26. The number of hydrogen-bond acceptors (Lipinski definition) is 1. The average Bonchev–Trinajstić information content (AvgIpc) is 2.16. The third-order valence-electron chi connectivity index (χ3n) is 3.49. The minimum absolute atomic E-state index is 0.139. The molecule has 1 nitrogen and oxygen atoms in total. The summed E-state index contributed by atoms with van der Waals surface area (Å²) in [5.41, 5.74) is 6.12. The molecule has 78 valence electrons. The van der Waals surface area contributed by atoms with Crippen molar-refractivity contribution in [3.8, 4) is 0 Å². The van der Waals surface area contributed by atoms with Gasteiger partial charge >= 0.3 is 0 Å². The highest BCUT2D eigenvalue weighted by Gasteiger charge is 2.38.